The van der Waals surface area contributed by atoms with Crippen molar-refractivity contribution in [3.8, 4) is 11.8 Å². The summed E-state index contributed by atoms with van der Waals surface area (Å²) < 4.78 is 39.5. The number of nitrogens with one attached hydrogen (secondary N) is 1. The van der Waals surface area contributed by atoms with Gasteiger partial charge in [0.25, 0.3) is 0 Å². The van der Waals surface area contributed by atoms with Crippen LogP contribution in [0.2, 0.25) is 0 Å². The monoisotopic (exact) mass is 299 g/mol. The molecule has 0 aliphatic rings. The van der Waals surface area contributed by atoms with Crippen molar-refractivity contribution in [1.29, 1.82) is 0 Å². The summed E-state index contributed by atoms with van der Waals surface area (Å²) in [6, 6.07) is 3.86. The van der Waals surface area contributed by atoms with Crippen molar-refractivity contribution in [2.75, 3.05) is 17.1 Å². The molecular formula is C14H18FNO3S. The second-order valence-corrected chi connectivity index (χ2v) is 6.51. The fraction of sp³-hybridized carbons (Fsp3) is 0.429. The minimum absolute atomic E-state index is 0.00300. The van der Waals surface area contributed by atoms with Gasteiger partial charge in [-0.1, -0.05) is 25.7 Å². The van der Waals surface area contributed by atoms with Crippen molar-refractivity contribution in [2.45, 2.75) is 20.3 Å². The predicted octanol–water partition coefficient (Wildman–Crippen LogP) is 1.96. The first kappa shape index (κ1) is 16.5. The van der Waals surface area contributed by atoms with E-state index in [-0.39, 0.29) is 35.9 Å². The summed E-state index contributed by atoms with van der Waals surface area (Å²) in [5.74, 6) is 4.63. The molecule has 0 atom stereocenters. The minimum Gasteiger partial charge on any atom is -0.395 e. The van der Waals surface area contributed by atoms with Crippen LogP contribution < -0.4 is 4.72 Å². The van der Waals surface area contributed by atoms with E-state index in [0.29, 0.717) is 0 Å². The molecule has 0 amide bonds. The number of halogens is 1. The van der Waals surface area contributed by atoms with Crippen molar-refractivity contribution >= 4 is 15.7 Å². The lowest BCUT2D eigenvalue weighted by atomic mass is 10.2. The molecule has 1 aromatic rings. The Kier molecular flexibility index (Phi) is 5.99. The van der Waals surface area contributed by atoms with Gasteiger partial charge >= 0.3 is 0 Å². The molecule has 1 aromatic carbocycles. The van der Waals surface area contributed by atoms with Gasteiger partial charge in [0.1, 0.15) is 5.82 Å². The lowest BCUT2D eigenvalue weighted by Crippen LogP contribution is -2.20. The SMILES string of the molecule is CC(C)CS(=O)(=O)Nc1ccc(F)c(C#CCCO)c1. The van der Waals surface area contributed by atoms with Crippen LogP contribution in [0.25, 0.3) is 0 Å². The van der Waals surface area contributed by atoms with Crippen molar-refractivity contribution in [2.24, 2.45) is 5.92 Å². The summed E-state index contributed by atoms with van der Waals surface area (Å²) in [7, 11) is -3.45. The average molecular weight is 299 g/mol. The van der Waals surface area contributed by atoms with E-state index in [1.54, 1.807) is 13.8 Å². The number of sulfonamides is 1. The van der Waals surface area contributed by atoms with Crippen molar-refractivity contribution in [3.63, 3.8) is 0 Å². The number of rotatable bonds is 5. The molecule has 2 N–H and O–H groups in total. The van der Waals surface area contributed by atoms with Crippen molar-refractivity contribution in [3.05, 3.63) is 29.6 Å². The van der Waals surface area contributed by atoms with Crippen LogP contribution in [0.4, 0.5) is 10.1 Å². The van der Waals surface area contributed by atoms with E-state index in [2.05, 4.69) is 16.6 Å². The Morgan fingerprint density at radius 2 is 2.10 bits per heavy atom. The van der Waals surface area contributed by atoms with Crippen molar-refractivity contribution in [1.82, 2.24) is 0 Å². The predicted molar refractivity (Wildman–Crippen MR) is 77.2 cm³/mol. The number of aliphatic hydroxyl groups is 1. The van der Waals surface area contributed by atoms with E-state index in [4.69, 9.17) is 5.11 Å². The number of benzene rings is 1. The van der Waals surface area contributed by atoms with Gasteiger partial charge in [0.15, 0.2) is 0 Å². The molecule has 0 heterocycles. The van der Waals surface area contributed by atoms with Gasteiger partial charge in [-0.15, -0.1) is 0 Å². The third-order valence-corrected chi connectivity index (χ3v) is 3.90. The van der Waals surface area contributed by atoms with Gasteiger partial charge in [0.05, 0.1) is 17.9 Å². The molecule has 0 saturated heterocycles. The molecular weight excluding hydrogens is 281 g/mol. The summed E-state index contributed by atoms with van der Waals surface area (Å²) in [6.07, 6.45) is 0.239. The van der Waals surface area contributed by atoms with Gasteiger partial charge < -0.3 is 5.11 Å². The van der Waals surface area contributed by atoms with E-state index in [9.17, 15) is 12.8 Å². The summed E-state index contributed by atoms with van der Waals surface area (Å²) in [6.45, 7) is 3.50. The molecule has 0 aromatic heterocycles. The minimum atomic E-state index is -3.45. The third kappa shape index (κ3) is 5.59. The smallest absolute Gasteiger partial charge is 0.232 e. The van der Waals surface area contributed by atoms with Crippen molar-refractivity contribution < 1.29 is 17.9 Å². The summed E-state index contributed by atoms with van der Waals surface area (Å²) in [4.78, 5) is 0. The van der Waals surface area contributed by atoms with E-state index >= 15 is 0 Å². The molecule has 110 valence electrons. The first-order valence-corrected chi connectivity index (χ1v) is 7.89. The van der Waals surface area contributed by atoms with Gasteiger partial charge in [-0.3, -0.25) is 4.72 Å². The maximum Gasteiger partial charge on any atom is 0.232 e. The Bertz CT molecular complexity index is 615. The molecule has 0 radical (unpaired) electrons. The first-order valence-electron chi connectivity index (χ1n) is 6.24. The Balaban J connectivity index is 2.94. The highest BCUT2D eigenvalue weighted by molar-refractivity contribution is 7.92. The normalized spacial score (nSPS) is 11.1. The summed E-state index contributed by atoms with van der Waals surface area (Å²) in [5.41, 5.74) is 0.378. The Labute approximate surface area is 119 Å². The van der Waals surface area contributed by atoms with Gasteiger partial charge in [-0.25, -0.2) is 12.8 Å². The molecule has 20 heavy (non-hydrogen) atoms. The number of anilines is 1. The highest BCUT2D eigenvalue weighted by Gasteiger charge is 2.13. The van der Waals surface area contributed by atoms with E-state index in [1.807, 2.05) is 0 Å². The second-order valence-electron chi connectivity index (χ2n) is 4.75. The molecule has 0 bridgehead atoms. The van der Waals surface area contributed by atoms with Gasteiger partial charge in [0, 0.05) is 12.1 Å². The van der Waals surface area contributed by atoms with Gasteiger partial charge in [-0.05, 0) is 24.1 Å². The maximum atomic E-state index is 13.5. The van der Waals surface area contributed by atoms with Crippen LogP contribution in [0.3, 0.4) is 0 Å². The molecule has 0 unspecified atom stereocenters. The van der Waals surface area contributed by atoms with Crippen LogP contribution >= 0.6 is 0 Å². The summed E-state index contributed by atoms with van der Waals surface area (Å²) in [5, 5.41) is 8.62. The Morgan fingerprint density at radius 3 is 2.70 bits per heavy atom. The quantitative estimate of drug-likeness (QED) is 0.817. The molecule has 0 spiro atoms. The standard InChI is InChI=1S/C14H18FNO3S/c1-11(2)10-20(18,19)16-13-6-7-14(15)12(9-13)5-3-4-8-17/h6-7,9,11,16-17H,4,8,10H2,1-2H3. The largest absolute Gasteiger partial charge is 0.395 e. The molecule has 6 heteroatoms. The topological polar surface area (TPSA) is 66.4 Å². The van der Waals surface area contributed by atoms with Crippen LogP contribution in [-0.2, 0) is 10.0 Å². The second kappa shape index (κ2) is 7.27. The van der Waals surface area contributed by atoms with E-state index in [0.717, 1.165) is 6.07 Å². The molecule has 0 saturated carbocycles. The average Bonchev–Trinajstić information content (AvgIpc) is 2.31. The molecule has 0 aliphatic carbocycles. The lowest BCUT2D eigenvalue weighted by molar-refractivity contribution is 0.305. The lowest BCUT2D eigenvalue weighted by Gasteiger charge is -2.10. The van der Waals surface area contributed by atoms with Crippen LogP contribution in [0.15, 0.2) is 18.2 Å². The zero-order chi connectivity index (χ0) is 15.2. The van der Waals surface area contributed by atoms with Gasteiger partial charge in [0.2, 0.25) is 10.0 Å². The Morgan fingerprint density at radius 1 is 1.40 bits per heavy atom. The van der Waals surface area contributed by atoms with Crippen LogP contribution in [0, 0.1) is 23.6 Å². The summed E-state index contributed by atoms with van der Waals surface area (Å²) >= 11 is 0. The zero-order valence-electron chi connectivity index (χ0n) is 11.5. The van der Waals surface area contributed by atoms with Crippen LogP contribution in [-0.4, -0.2) is 25.9 Å². The fourth-order valence-corrected chi connectivity index (χ4v) is 3.01. The number of hydrogen-bond donors (Lipinski definition) is 2. The highest BCUT2D eigenvalue weighted by atomic mass is 32.2. The van der Waals surface area contributed by atoms with Crippen LogP contribution in [0.1, 0.15) is 25.8 Å². The third-order valence-electron chi connectivity index (χ3n) is 2.25. The highest BCUT2D eigenvalue weighted by Crippen LogP contribution is 2.16. The van der Waals surface area contributed by atoms with Gasteiger partial charge in [-0.2, -0.15) is 0 Å². The van der Waals surface area contributed by atoms with E-state index < -0.39 is 15.8 Å². The number of hydrogen-bond acceptors (Lipinski definition) is 3. The molecule has 4 nitrogen and oxygen atoms in total. The molecule has 1 rings (SSSR count). The molecule has 0 aliphatic heterocycles. The fourth-order valence-electron chi connectivity index (χ4n) is 1.56. The van der Waals surface area contributed by atoms with Crippen LogP contribution in [0.5, 0.6) is 0 Å². The maximum absolute atomic E-state index is 13.5. The Hall–Kier alpha value is -1.58. The zero-order valence-corrected chi connectivity index (χ0v) is 12.3. The van der Waals surface area contributed by atoms with E-state index in [1.165, 1.54) is 12.1 Å². The molecule has 0 fully saturated rings. The number of aliphatic hydroxyl groups excluding tert-OH is 1. The first-order chi connectivity index (χ1) is 9.34.